The van der Waals surface area contributed by atoms with Crippen molar-refractivity contribution >= 4 is 40.0 Å². The zero-order chi connectivity index (χ0) is 21.2. The first kappa shape index (κ1) is 21.0. The van der Waals surface area contributed by atoms with Crippen molar-refractivity contribution in [3.05, 3.63) is 48.0 Å². The molecule has 0 aliphatic heterocycles. The third-order valence-corrected chi connectivity index (χ3v) is 5.07. The van der Waals surface area contributed by atoms with Crippen LogP contribution < -0.4 is 10.6 Å². The normalized spacial score (nSPS) is 12.6. The second kappa shape index (κ2) is 8.33. The van der Waals surface area contributed by atoms with Gasteiger partial charge in [0.1, 0.15) is 5.52 Å². The van der Waals surface area contributed by atoms with Gasteiger partial charge in [0.15, 0.2) is 10.7 Å². The molecule has 0 aliphatic rings. The zero-order valence-electron chi connectivity index (χ0n) is 17.5. The van der Waals surface area contributed by atoms with Gasteiger partial charge in [0.05, 0.1) is 0 Å². The SMILES string of the molecule is CCC(C)c1ccc2oc(-c3cccc(NC(=S)NC(=O)C(C)(C)C)c3)nc2c1. The summed E-state index contributed by atoms with van der Waals surface area (Å²) in [5.74, 6) is 0.896. The molecule has 0 fully saturated rings. The summed E-state index contributed by atoms with van der Waals surface area (Å²) < 4.78 is 5.95. The minimum absolute atomic E-state index is 0.137. The Morgan fingerprint density at radius 2 is 1.97 bits per heavy atom. The molecular formula is C23H27N3O2S. The van der Waals surface area contributed by atoms with E-state index < -0.39 is 5.41 Å². The molecule has 1 amide bonds. The molecule has 1 unspecified atom stereocenters. The predicted molar refractivity (Wildman–Crippen MR) is 122 cm³/mol. The van der Waals surface area contributed by atoms with E-state index in [4.69, 9.17) is 16.6 Å². The molecule has 1 heterocycles. The van der Waals surface area contributed by atoms with E-state index in [0.29, 0.717) is 11.8 Å². The molecule has 0 saturated heterocycles. The molecule has 5 nitrogen and oxygen atoms in total. The summed E-state index contributed by atoms with van der Waals surface area (Å²) in [6.45, 7) is 9.90. The van der Waals surface area contributed by atoms with Crippen LogP contribution in [0.5, 0.6) is 0 Å². The Morgan fingerprint density at radius 3 is 2.66 bits per heavy atom. The van der Waals surface area contributed by atoms with Gasteiger partial charge in [-0.1, -0.05) is 46.8 Å². The standard InChI is InChI=1S/C23H27N3O2S/c1-6-14(2)15-10-11-19-18(13-15)25-20(28-19)16-8-7-9-17(12-16)24-22(29)26-21(27)23(3,4)5/h7-14H,6H2,1-5H3,(H2,24,26,27,29). The number of amides is 1. The number of anilines is 1. The third kappa shape index (κ3) is 5.01. The first-order valence-corrected chi connectivity index (χ1v) is 10.2. The van der Waals surface area contributed by atoms with Crippen molar-refractivity contribution in [3.63, 3.8) is 0 Å². The Kier molecular flexibility index (Phi) is 6.03. The van der Waals surface area contributed by atoms with Gasteiger partial charge in [-0.15, -0.1) is 0 Å². The number of benzene rings is 2. The van der Waals surface area contributed by atoms with E-state index in [0.717, 1.165) is 28.8 Å². The maximum absolute atomic E-state index is 12.1. The van der Waals surface area contributed by atoms with Crippen molar-refractivity contribution in [1.29, 1.82) is 0 Å². The van der Waals surface area contributed by atoms with Crippen molar-refractivity contribution in [2.24, 2.45) is 5.41 Å². The Hall–Kier alpha value is -2.73. The number of thiocarbonyl (C=S) groups is 1. The molecule has 2 aromatic carbocycles. The molecule has 0 radical (unpaired) electrons. The second-order valence-corrected chi connectivity index (χ2v) is 8.70. The molecule has 29 heavy (non-hydrogen) atoms. The van der Waals surface area contributed by atoms with Gasteiger partial charge in [0.2, 0.25) is 11.8 Å². The third-order valence-electron chi connectivity index (χ3n) is 4.87. The molecule has 1 aromatic heterocycles. The van der Waals surface area contributed by atoms with Crippen LogP contribution in [0.25, 0.3) is 22.6 Å². The number of nitrogens with zero attached hydrogens (tertiary/aromatic N) is 1. The molecule has 0 aliphatic carbocycles. The van der Waals surface area contributed by atoms with Gasteiger partial charge >= 0.3 is 0 Å². The first-order chi connectivity index (χ1) is 13.7. The van der Waals surface area contributed by atoms with Gasteiger partial charge in [-0.2, -0.15) is 0 Å². The number of fused-ring (bicyclic) bond motifs is 1. The summed E-state index contributed by atoms with van der Waals surface area (Å²) in [6.07, 6.45) is 1.08. The van der Waals surface area contributed by atoms with E-state index in [-0.39, 0.29) is 11.0 Å². The maximum atomic E-state index is 12.1. The number of oxazole rings is 1. The highest BCUT2D eigenvalue weighted by Crippen LogP contribution is 2.29. The molecule has 0 bridgehead atoms. The van der Waals surface area contributed by atoms with Crippen molar-refractivity contribution < 1.29 is 9.21 Å². The monoisotopic (exact) mass is 409 g/mol. The summed E-state index contributed by atoms with van der Waals surface area (Å²) in [7, 11) is 0. The van der Waals surface area contributed by atoms with E-state index in [1.54, 1.807) is 0 Å². The number of nitrogens with one attached hydrogen (secondary N) is 2. The fraction of sp³-hybridized carbons (Fsp3) is 0.348. The van der Waals surface area contributed by atoms with Crippen LogP contribution in [-0.4, -0.2) is 16.0 Å². The average Bonchev–Trinajstić information content (AvgIpc) is 3.10. The molecule has 3 aromatic rings. The molecule has 152 valence electrons. The highest BCUT2D eigenvalue weighted by atomic mass is 32.1. The van der Waals surface area contributed by atoms with E-state index in [1.165, 1.54) is 5.56 Å². The number of hydrogen-bond acceptors (Lipinski definition) is 4. The minimum atomic E-state index is -0.514. The van der Waals surface area contributed by atoms with E-state index in [1.807, 2.05) is 51.1 Å². The molecule has 3 rings (SSSR count). The van der Waals surface area contributed by atoms with Crippen molar-refractivity contribution in [2.45, 2.75) is 47.0 Å². The summed E-state index contributed by atoms with van der Waals surface area (Å²) in [4.78, 5) is 16.8. The van der Waals surface area contributed by atoms with Crippen LogP contribution in [0.15, 0.2) is 46.9 Å². The number of hydrogen-bond donors (Lipinski definition) is 2. The summed E-state index contributed by atoms with van der Waals surface area (Å²) >= 11 is 5.26. The lowest BCUT2D eigenvalue weighted by Gasteiger charge is -2.18. The molecule has 6 heteroatoms. The van der Waals surface area contributed by atoms with Crippen LogP contribution in [0.4, 0.5) is 5.69 Å². The fourth-order valence-electron chi connectivity index (χ4n) is 2.79. The van der Waals surface area contributed by atoms with Crippen molar-refractivity contribution in [2.75, 3.05) is 5.32 Å². The van der Waals surface area contributed by atoms with E-state index in [9.17, 15) is 4.79 Å². The smallest absolute Gasteiger partial charge is 0.231 e. The molecular weight excluding hydrogens is 382 g/mol. The van der Waals surface area contributed by atoms with Crippen LogP contribution in [0.2, 0.25) is 0 Å². The maximum Gasteiger partial charge on any atom is 0.231 e. The molecule has 2 N–H and O–H groups in total. The molecule has 0 saturated carbocycles. The van der Waals surface area contributed by atoms with Crippen LogP contribution in [0.3, 0.4) is 0 Å². The Balaban J connectivity index is 1.80. The van der Waals surface area contributed by atoms with Crippen LogP contribution >= 0.6 is 12.2 Å². The topological polar surface area (TPSA) is 67.2 Å². The van der Waals surface area contributed by atoms with E-state index >= 15 is 0 Å². The van der Waals surface area contributed by atoms with Crippen molar-refractivity contribution in [3.8, 4) is 11.5 Å². The van der Waals surface area contributed by atoms with Crippen molar-refractivity contribution in [1.82, 2.24) is 10.3 Å². The molecule has 1 atom stereocenters. The largest absolute Gasteiger partial charge is 0.436 e. The lowest BCUT2D eigenvalue weighted by Crippen LogP contribution is -2.41. The number of carbonyl (C=O) groups is 1. The van der Waals surface area contributed by atoms with Gasteiger partial charge < -0.3 is 15.1 Å². The second-order valence-electron chi connectivity index (χ2n) is 8.29. The lowest BCUT2D eigenvalue weighted by atomic mass is 9.96. The van der Waals surface area contributed by atoms with Gasteiger partial charge in [-0.25, -0.2) is 4.98 Å². The predicted octanol–water partition coefficient (Wildman–Crippen LogP) is 5.87. The Morgan fingerprint density at radius 1 is 1.21 bits per heavy atom. The fourth-order valence-corrected chi connectivity index (χ4v) is 3.00. The van der Waals surface area contributed by atoms with Gasteiger partial charge in [-0.05, 0) is 60.5 Å². The van der Waals surface area contributed by atoms with Crippen LogP contribution in [0, 0.1) is 5.41 Å². The minimum Gasteiger partial charge on any atom is -0.436 e. The highest BCUT2D eigenvalue weighted by Gasteiger charge is 2.22. The first-order valence-electron chi connectivity index (χ1n) is 9.80. The Labute approximate surface area is 176 Å². The summed E-state index contributed by atoms with van der Waals surface area (Å²) in [5, 5.41) is 6.03. The zero-order valence-corrected chi connectivity index (χ0v) is 18.3. The van der Waals surface area contributed by atoms with Gasteiger partial charge in [0.25, 0.3) is 0 Å². The lowest BCUT2D eigenvalue weighted by molar-refractivity contribution is -0.126. The Bertz CT molecular complexity index is 1050. The average molecular weight is 410 g/mol. The van der Waals surface area contributed by atoms with Crippen LogP contribution in [-0.2, 0) is 4.79 Å². The highest BCUT2D eigenvalue weighted by molar-refractivity contribution is 7.80. The van der Waals surface area contributed by atoms with Crippen LogP contribution in [0.1, 0.15) is 52.5 Å². The number of aromatic nitrogens is 1. The molecule has 0 spiro atoms. The van der Waals surface area contributed by atoms with E-state index in [2.05, 4.69) is 41.6 Å². The number of carbonyl (C=O) groups excluding carboxylic acids is 1. The van der Waals surface area contributed by atoms with Gasteiger partial charge in [0, 0.05) is 16.7 Å². The summed E-state index contributed by atoms with van der Waals surface area (Å²) in [5.41, 5.74) is 3.95. The summed E-state index contributed by atoms with van der Waals surface area (Å²) in [6, 6.07) is 13.8. The quantitative estimate of drug-likeness (QED) is 0.528. The number of rotatable bonds is 4. The van der Waals surface area contributed by atoms with Gasteiger partial charge in [-0.3, -0.25) is 4.79 Å².